The van der Waals surface area contributed by atoms with Crippen LogP contribution in [0.2, 0.25) is 10.0 Å². The van der Waals surface area contributed by atoms with Gasteiger partial charge in [-0.15, -0.1) is 0 Å². The van der Waals surface area contributed by atoms with E-state index < -0.39 is 17.8 Å². The molecule has 3 rings (SSSR count). The van der Waals surface area contributed by atoms with Crippen molar-refractivity contribution in [2.45, 2.75) is 6.92 Å². The summed E-state index contributed by atoms with van der Waals surface area (Å²) < 4.78 is 11.8. The second-order valence-corrected chi connectivity index (χ2v) is 8.09. The maximum atomic E-state index is 13.1. The van der Waals surface area contributed by atoms with Crippen molar-refractivity contribution in [3.05, 3.63) is 68.6 Å². The van der Waals surface area contributed by atoms with E-state index in [1.807, 2.05) is 6.92 Å². The fourth-order valence-corrected chi connectivity index (χ4v) is 3.77. The molecule has 1 saturated heterocycles. The van der Waals surface area contributed by atoms with Crippen molar-refractivity contribution in [1.82, 2.24) is 5.32 Å². The average molecular weight is 540 g/mol. The van der Waals surface area contributed by atoms with Crippen LogP contribution >= 0.6 is 39.1 Å². The number of ether oxygens (including phenoxy) is 2. The highest BCUT2D eigenvalue weighted by Gasteiger charge is 2.37. The highest BCUT2D eigenvalue weighted by Crippen LogP contribution is 2.38. The van der Waals surface area contributed by atoms with Crippen LogP contribution in [0, 0.1) is 0 Å². The lowest BCUT2D eigenvalue weighted by molar-refractivity contribution is -0.122. The topological polar surface area (TPSA) is 84.9 Å². The van der Waals surface area contributed by atoms with E-state index in [0.717, 1.165) is 4.90 Å². The molecule has 0 spiro atoms. The van der Waals surface area contributed by atoms with Crippen LogP contribution in [-0.4, -0.2) is 31.1 Å². The maximum Gasteiger partial charge on any atom is 0.335 e. The van der Waals surface area contributed by atoms with Gasteiger partial charge in [0, 0.05) is 0 Å². The molecule has 0 bridgehead atoms. The number of hydrogen-bond donors (Lipinski definition) is 1. The second kappa shape index (κ2) is 10.2. The Morgan fingerprint density at radius 3 is 2.53 bits per heavy atom. The summed E-state index contributed by atoms with van der Waals surface area (Å²) in [6.45, 7) is 6.07. The van der Waals surface area contributed by atoms with Gasteiger partial charge in [0.15, 0.2) is 11.5 Å². The van der Waals surface area contributed by atoms with Crippen molar-refractivity contribution in [2.75, 3.05) is 18.1 Å². The summed E-state index contributed by atoms with van der Waals surface area (Å²) in [5, 5.41) is 2.58. The number of benzene rings is 2. The molecule has 32 heavy (non-hydrogen) atoms. The van der Waals surface area contributed by atoms with Crippen molar-refractivity contribution in [2.24, 2.45) is 0 Å². The van der Waals surface area contributed by atoms with E-state index in [0.29, 0.717) is 28.1 Å². The third-order valence-corrected chi connectivity index (χ3v) is 5.58. The minimum Gasteiger partial charge on any atom is -0.490 e. The molecule has 0 aromatic heterocycles. The van der Waals surface area contributed by atoms with Crippen molar-refractivity contribution in [3.8, 4) is 11.5 Å². The lowest BCUT2D eigenvalue weighted by Gasteiger charge is -2.26. The Bertz CT molecular complexity index is 1150. The molecule has 0 saturated carbocycles. The molecular weight excluding hydrogens is 523 g/mol. The standard InChI is InChI=1S/C22H17BrCl2N2O5/c1-3-7-32-19-15(23)9-12(10-18(19)31-4-2)8-14-20(28)26-22(30)27(21(14)29)13-5-6-16(24)17(25)11-13/h3,5-6,8-11H,1,4,7H2,2H3,(H,26,28,30)/b14-8+. The minimum absolute atomic E-state index is 0.160. The number of urea groups is 1. The molecule has 1 aliphatic heterocycles. The van der Waals surface area contributed by atoms with E-state index in [1.165, 1.54) is 24.3 Å². The van der Waals surface area contributed by atoms with E-state index in [2.05, 4.69) is 27.8 Å². The zero-order chi connectivity index (χ0) is 23.4. The predicted octanol–water partition coefficient (Wildman–Crippen LogP) is 5.39. The Labute approximate surface area is 202 Å². The second-order valence-electron chi connectivity index (χ2n) is 6.42. The largest absolute Gasteiger partial charge is 0.490 e. The van der Waals surface area contributed by atoms with E-state index >= 15 is 0 Å². The molecule has 10 heteroatoms. The number of imide groups is 2. The third kappa shape index (κ3) is 4.98. The summed E-state index contributed by atoms with van der Waals surface area (Å²) in [6.07, 6.45) is 2.96. The molecule has 166 valence electrons. The van der Waals surface area contributed by atoms with Gasteiger partial charge in [-0.3, -0.25) is 14.9 Å². The maximum absolute atomic E-state index is 13.1. The normalized spacial score (nSPS) is 15.1. The van der Waals surface area contributed by atoms with E-state index in [4.69, 9.17) is 32.7 Å². The molecule has 4 amide bonds. The zero-order valence-corrected chi connectivity index (χ0v) is 19.9. The smallest absolute Gasteiger partial charge is 0.335 e. The number of anilines is 1. The van der Waals surface area contributed by atoms with Crippen LogP contribution in [0.5, 0.6) is 11.5 Å². The van der Waals surface area contributed by atoms with Gasteiger partial charge in [0.2, 0.25) is 0 Å². The first-order chi connectivity index (χ1) is 15.3. The summed E-state index contributed by atoms with van der Waals surface area (Å²) in [5.41, 5.74) is 0.405. The molecule has 1 heterocycles. The first-order valence-electron chi connectivity index (χ1n) is 9.33. The molecule has 0 aliphatic carbocycles. The van der Waals surface area contributed by atoms with Crippen molar-refractivity contribution in [1.29, 1.82) is 0 Å². The van der Waals surface area contributed by atoms with Crippen LogP contribution in [0.1, 0.15) is 12.5 Å². The van der Waals surface area contributed by atoms with Crippen LogP contribution in [-0.2, 0) is 9.59 Å². The number of halogens is 3. The van der Waals surface area contributed by atoms with Gasteiger partial charge in [-0.2, -0.15) is 0 Å². The van der Waals surface area contributed by atoms with Gasteiger partial charge in [0.1, 0.15) is 12.2 Å². The fraction of sp³-hybridized carbons (Fsp3) is 0.136. The molecular formula is C22H17BrCl2N2O5. The monoisotopic (exact) mass is 538 g/mol. The summed E-state index contributed by atoms with van der Waals surface area (Å²) in [4.78, 5) is 38.7. The lowest BCUT2D eigenvalue weighted by Crippen LogP contribution is -2.54. The molecule has 7 nitrogen and oxygen atoms in total. The number of hydrogen-bond acceptors (Lipinski definition) is 5. The van der Waals surface area contributed by atoms with Gasteiger partial charge in [-0.25, -0.2) is 9.69 Å². The number of rotatable bonds is 7. The Kier molecular flexibility index (Phi) is 7.60. The van der Waals surface area contributed by atoms with Crippen molar-refractivity contribution < 1.29 is 23.9 Å². The summed E-state index contributed by atoms with van der Waals surface area (Å²) >= 11 is 15.4. The Balaban J connectivity index is 2.03. The quantitative estimate of drug-likeness (QED) is 0.290. The molecule has 2 aromatic carbocycles. The molecule has 0 radical (unpaired) electrons. The summed E-state index contributed by atoms with van der Waals surface area (Å²) in [5.74, 6) is -0.756. The first-order valence-corrected chi connectivity index (χ1v) is 10.9. The average Bonchev–Trinajstić information content (AvgIpc) is 2.73. The summed E-state index contributed by atoms with van der Waals surface area (Å²) in [6, 6.07) is 6.67. The lowest BCUT2D eigenvalue weighted by atomic mass is 10.1. The van der Waals surface area contributed by atoms with Crippen LogP contribution in [0.15, 0.2) is 53.0 Å². The van der Waals surface area contributed by atoms with Crippen LogP contribution < -0.4 is 19.7 Å². The highest BCUT2D eigenvalue weighted by molar-refractivity contribution is 9.10. The predicted molar refractivity (Wildman–Crippen MR) is 126 cm³/mol. The van der Waals surface area contributed by atoms with Crippen molar-refractivity contribution in [3.63, 3.8) is 0 Å². The van der Waals surface area contributed by atoms with E-state index in [9.17, 15) is 14.4 Å². The molecule has 0 unspecified atom stereocenters. The molecule has 1 fully saturated rings. The van der Waals surface area contributed by atoms with E-state index in [-0.39, 0.29) is 27.9 Å². The van der Waals surface area contributed by atoms with Crippen molar-refractivity contribution >= 4 is 68.7 Å². The summed E-state index contributed by atoms with van der Waals surface area (Å²) in [7, 11) is 0. The fourth-order valence-electron chi connectivity index (χ4n) is 2.90. The van der Waals surface area contributed by atoms with Gasteiger partial charge >= 0.3 is 6.03 Å². The van der Waals surface area contributed by atoms with Gasteiger partial charge in [-0.1, -0.05) is 35.9 Å². The van der Waals surface area contributed by atoms with Crippen LogP contribution in [0.25, 0.3) is 6.08 Å². The van der Waals surface area contributed by atoms with Gasteiger partial charge in [-0.05, 0) is 64.8 Å². The number of nitrogens with zero attached hydrogens (tertiary/aromatic N) is 1. The molecule has 1 aliphatic rings. The first kappa shape index (κ1) is 23.8. The Morgan fingerprint density at radius 2 is 1.88 bits per heavy atom. The Morgan fingerprint density at radius 1 is 1.12 bits per heavy atom. The van der Waals surface area contributed by atoms with Gasteiger partial charge in [0.25, 0.3) is 11.8 Å². The number of carbonyl (C=O) groups excluding carboxylic acids is 3. The molecule has 0 atom stereocenters. The minimum atomic E-state index is -0.889. The molecule has 2 aromatic rings. The Hall–Kier alpha value is -2.81. The number of amides is 4. The number of carbonyl (C=O) groups is 3. The van der Waals surface area contributed by atoms with E-state index in [1.54, 1.807) is 18.2 Å². The van der Waals surface area contributed by atoms with Crippen LogP contribution in [0.3, 0.4) is 0 Å². The zero-order valence-electron chi connectivity index (χ0n) is 16.8. The third-order valence-electron chi connectivity index (χ3n) is 4.25. The number of barbiturate groups is 1. The van der Waals surface area contributed by atoms with Crippen LogP contribution in [0.4, 0.5) is 10.5 Å². The van der Waals surface area contributed by atoms with Gasteiger partial charge in [0.05, 0.1) is 26.8 Å². The van der Waals surface area contributed by atoms with Gasteiger partial charge < -0.3 is 9.47 Å². The number of nitrogens with one attached hydrogen (secondary N) is 1. The highest BCUT2D eigenvalue weighted by atomic mass is 79.9. The SMILES string of the molecule is C=CCOc1c(Br)cc(/C=C2\C(=O)NC(=O)N(c3ccc(Cl)c(Cl)c3)C2=O)cc1OCC. The molecule has 1 N–H and O–H groups in total.